The van der Waals surface area contributed by atoms with Gasteiger partial charge in [-0.2, -0.15) is 0 Å². The first kappa shape index (κ1) is 25.9. The Bertz CT molecular complexity index is 940. The van der Waals surface area contributed by atoms with E-state index in [1.807, 2.05) is 0 Å². The summed E-state index contributed by atoms with van der Waals surface area (Å²) >= 11 is 0. The number of ether oxygens (including phenoxy) is 1. The summed E-state index contributed by atoms with van der Waals surface area (Å²) in [5.74, 6) is -2.57. The topological polar surface area (TPSA) is 158 Å². The maximum Gasteiger partial charge on any atom is 1.00 e. The monoisotopic (exact) mass is 487 g/mol. The minimum absolute atomic E-state index is 0. The van der Waals surface area contributed by atoms with Gasteiger partial charge in [0.05, 0.1) is 23.3 Å². The van der Waals surface area contributed by atoms with E-state index in [0.29, 0.717) is 10.6 Å². The Labute approximate surface area is 231 Å². The van der Waals surface area contributed by atoms with Crippen molar-refractivity contribution in [3.8, 4) is 0 Å². The van der Waals surface area contributed by atoms with Crippen molar-refractivity contribution in [2.75, 3.05) is 6.61 Å². The van der Waals surface area contributed by atoms with Crippen molar-refractivity contribution in [3.63, 3.8) is 0 Å². The number of aliphatic carboxylic acids is 1. The number of β-lactam (4-membered cyclic amide) rings is 1. The number of hydrogen-bond donors (Lipinski definition) is 0. The average Bonchev–Trinajstić information content (AvgIpc) is 2.74. The number of amides is 2. The van der Waals surface area contributed by atoms with Gasteiger partial charge in [0, 0.05) is 6.20 Å². The summed E-state index contributed by atoms with van der Waals surface area (Å²) in [6.45, 7) is 0.170. The third kappa shape index (κ3) is 4.04. The fourth-order valence-electron chi connectivity index (χ4n) is 3.21. The Kier molecular flexibility index (Phi) is 8.63. The van der Waals surface area contributed by atoms with E-state index in [1.165, 1.54) is 12.3 Å². The number of carbonyl (C=O) groups excluding carboxylic acids is 3. The molecule has 0 radical (unpaired) electrons. The molecule has 0 aromatic carbocycles. The molecule has 0 bridgehead atoms. The second-order valence-electron chi connectivity index (χ2n) is 6.07. The van der Waals surface area contributed by atoms with Crippen LogP contribution in [-0.4, -0.2) is 59.0 Å². The molecular formula is C15H13N3NaO7RbS. The molecule has 2 saturated heterocycles. The number of sulfone groups is 1. The van der Waals surface area contributed by atoms with Gasteiger partial charge in [-0.1, -0.05) is 6.07 Å². The predicted molar refractivity (Wildman–Crippen MR) is 84.6 cm³/mol. The number of fused-ring (bicyclic) bond motifs is 1. The minimum atomic E-state index is -4.29. The molecule has 3 rings (SSSR count). The molecule has 2 fully saturated rings. The summed E-state index contributed by atoms with van der Waals surface area (Å²) in [5.41, 5.74) is 6.96. The molecule has 28 heavy (non-hydrogen) atoms. The van der Waals surface area contributed by atoms with Crippen LogP contribution in [0.15, 0.2) is 30.0 Å². The molecule has 1 aromatic rings. The van der Waals surface area contributed by atoms with Gasteiger partial charge in [0.2, 0.25) is 6.09 Å². The van der Waals surface area contributed by atoms with Crippen LogP contribution >= 0.6 is 0 Å². The molecule has 3 heterocycles. The number of nitrogens with zero attached hydrogens (tertiary/aromatic N) is 2. The molecule has 0 spiro atoms. The van der Waals surface area contributed by atoms with Crippen LogP contribution in [0.1, 0.15) is 12.6 Å². The van der Waals surface area contributed by atoms with Crippen LogP contribution in [0.4, 0.5) is 4.79 Å². The van der Waals surface area contributed by atoms with E-state index < -0.39 is 50.6 Å². The number of aromatic nitrogens is 1. The second kappa shape index (κ2) is 9.33. The van der Waals surface area contributed by atoms with Crippen LogP contribution in [0, 0.1) is 0 Å². The van der Waals surface area contributed by atoms with Crippen LogP contribution in [0.3, 0.4) is 0 Å². The van der Waals surface area contributed by atoms with Gasteiger partial charge in [0.1, 0.15) is 11.4 Å². The molecule has 13 heteroatoms. The number of rotatable bonds is 4. The van der Waals surface area contributed by atoms with Crippen LogP contribution in [0.25, 0.3) is 11.8 Å². The predicted octanol–water partition coefficient (Wildman–Crippen LogP) is -6.86. The summed E-state index contributed by atoms with van der Waals surface area (Å²) in [4.78, 5) is 39.4. The van der Waals surface area contributed by atoms with Gasteiger partial charge in [0.25, 0.3) is 5.91 Å². The largest absolute Gasteiger partial charge is 1.00 e. The van der Waals surface area contributed by atoms with Crippen molar-refractivity contribution in [2.24, 2.45) is 0 Å². The zero-order valence-electron chi connectivity index (χ0n) is 15.4. The first-order chi connectivity index (χ1) is 12.1. The van der Waals surface area contributed by atoms with Gasteiger partial charge in [-0.05, 0) is 25.1 Å². The molecule has 2 amide bonds. The smallest absolute Gasteiger partial charge is 0.632 e. The number of carbonyl (C=O) groups is 3. The standard InChI is InChI=1S/C15H15N3O7S.Na.Rb/c1-15(7-25-14(16)22)10(13(20)21)18-11(19)9(12(18)26(15,23)24)6-8-4-2-3-5-17-8;;/h2-6,10,12H,7H2,1H3,(H3,16,20,21,22);;/q;2*+1/p-2/b9-6-;;/t10-,12+,15-;;/m0../s1. The van der Waals surface area contributed by atoms with Crippen molar-refractivity contribution in [2.45, 2.75) is 23.1 Å². The van der Waals surface area contributed by atoms with Gasteiger partial charge < -0.3 is 25.3 Å². The Hall–Kier alpha value is -0.145. The summed E-state index contributed by atoms with van der Waals surface area (Å²) in [5, 5.41) is 10.1. The van der Waals surface area contributed by atoms with Crippen LogP contribution < -0.4 is 92.9 Å². The third-order valence-corrected chi connectivity index (χ3v) is 7.21. The van der Waals surface area contributed by atoms with Crippen LogP contribution in [-0.2, 0) is 24.2 Å². The first-order valence-electron chi connectivity index (χ1n) is 7.39. The number of nitrogens with one attached hydrogen (secondary N) is 1. The van der Waals surface area contributed by atoms with Crippen molar-refractivity contribution in [3.05, 3.63) is 41.4 Å². The van der Waals surface area contributed by atoms with E-state index >= 15 is 0 Å². The number of pyridine rings is 1. The van der Waals surface area contributed by atoms with Gasteiger partial charge in [-0.25, -0.2) is 8.42 Å². The number of carboxylic acids is 1. The van der Waals surface area contributed by atoms with Gasteiger partial charge in [-0.15, -0.1) is 0 Å². The van der Waals surface area contributed by atoms with E-state index in [4.69, 9.17) is 5.73 Å². The Morgan fingerprint density at radius 3 is 2.57 bits per heavy atom. The second-order valence-corrected chi connectivity index (χ2v) is 8.54. The van der Waals surface area contributed by atoms with E-state index in [2.05, 4.69) is 9.72 Å². The molecule has 2 aliphatic heterocycles. The quantitative estimate of drug-likeness (QED) is 0.230. The summed E-state index contributed by atoms with van der Waals surface area (Å²) in [6, 6.07) is 3.00. The number of carboxylic acid groups (broad SMARTS) is 1. The van der Waals surface area contributed by atoms with Crippen molar-refractivity contribution in [1.29, 1.82) is 0 Å². The molecule has 0 unspecified atom stereocenters. The average molecular weight is 488 g/mol. The van der Waals surface area contributed by atoms with E-state index in [1.54, 1.807) is 18.2 Å². The minimum Gasteiger partial charge on any atom is -0.632 e. The third-order valence-electron chi connectivity index (χ3n) is 4.50. The molecule has 0 saturated carbocycles. The Morgan fingerprint density at radius 2 is 2.07 bits per heavy atom. The summed E-state index contributed by atoms with van der Waals surface area (Å²) < 4.78 is 28.2. The Balaban J connectivity index is 0.00000196. The molecule has 1 N–H and O–H groups in total. The molecule has 3 atom stereocenters. The molecule has 0 aliphatic carbocycles. The maximum absolute atomic E-state index is 13.0. The normalized spacial score (nSPS) is 28.4. The molecular weight excluding hydrogens is 475 g/mol. The van der Waals surface area contributed by atoms with E-state index in [-0.39, 0.29) is 93.3 Å². The molecule has 1 aromatic heterocycles. The fraction of sp³-hybridized carbons (Fsp3) is 0.333. The van der Waals surface area contributed by atoms with Crippen molar-refractivity contribution >= 4 is 33.9 Å². The van der Waals surface area contributed by atoms with Gasteiger partial charge in [0.15, 0.2) is 15.2 Å². The van der Waals surface area contributed by atoms with Crippen LogP contribution in [0.2, 0.25) is 0 Å². The van der Waals surface area contributed by atoms with E-state index in [9.17, 15) is 27.9 Å². The SMILES string of the molecule is C[C@]1(COC([NH-])=O)[C@H](C(=O)[O-])N2C(=O)/C(=C/c3ccccn3)[C@H]2S1(=O)=O.[Na+].[Rb+]. The maximum atomic E-state index is 13.0. The molecule has 138 valence electrons. The van der Waals surface area contributed by atoms with Gasteiger partial charge in [-0.3, -0.25) is 14.6 Å². The molecule has 2 aliphatic rings. The zero-order chi connectivity index (χ0) is 19.3. The van der Waals surface area contributed by atoms with Crippen LogP contribution in [0.5, 0.6) is 0 Å². The van der Waals surface area contributed by atoms with Crippen molar-refractivity contribution in [1.82, 2.24) is 9.88 Å². The zero-order valence-corrected chi connectivity index (χ0v) is 23.1. The van der Waals surface area contributed by atoms with Gasteiger partial charge >= 0.3 is 87.7 Å². The molecule has 10 nitrogen and oxygen atoms in total. The van der Waals surface area contributed by atoms with E-state index in [0.717, 1.165) is 6.92 Å². The summed E-state index contributed by atoms with van der Waals surface area (Å²) in [7, 11) is -4.29. The number of hydrogen-bond acceptors (Lipinski definition) is 8. The Morgan fingerprint density at radius 1 is 1.43 bits per heavy atom. The summed E-state index contributed by atoms with van der Waals surface area (Å²) in [6.07, 6.45) is 1.22. The van der Waals surface area contributed by atoms with Crippen molar-refractivity contribution < 1.29 is 120 Å². The first-order valence-corrected chi connectivity index (χ1v) is 8.94. The fourth-order valence-corrected chi connectivity index (χ4v) is 5.48.